The highest BCUT2D eigenvalue weighted by atomic mass is 35.5. The molecule has 0 saturated heterocycles. The molecule has 3 nitrogen and oxygen atoms in total. The Morgan fingerprint density at radius 2 is 2.18 bits per heavy atom. The van der Waals surface area contributed by atoms with Crippen molar-refractivity contribution in [3.8, 4) is 0 Å². The highest BCUT2D eigenvalue weighted by Crippen LogP contribution is 2.25. The van der Waals surface area contributed by atoms with Crippen LogP contribution in [-0.2, 0) is 9.53 Å². The fourth-order valence-corrected chi connectivity index (χ4v) is 1.48. The lowest BCUT2D eigenvalue weighted by atomic mass is 9.93. The Labute approximate surface area is 105 Å². The number of anilines is 1. The van der Waals surface area contributed by atoms with E-state index in [0.29, 0.717) is 17.3 Å². The van der Waals surface area contributed by atoms with Gasteiger partial charge in [0.25, 0.3) is 0 Å². The first-order chi connectivity index (χ1) is 7.86. The number of methoxy groups -OCH3 is 1. The molecule has 0 aromatic heterocycles. The molecule has 0 spiro atoms. The molecule has 0 radical (unpaired) electrons. The molecule has 0 atom stereocenters. The molecule has 0 saturated carbocycles. The van der Waals surface area contributed by atoms with Gasteiger partial charge in [0.15, 0.2) is 0 Å². The number of hydrogen-bond donors (Lipinski definition) is 1. The maximum atomic E-state index is 13.0. The first kappa shape index (κ1) is 13.8. The molecular weight excluding hydrogens is 245 g/mol. The zero-order valence-corrected chi connectivity index (χ0v) is 10.8. The molecule has 1 aromatic rings. The van der Waals surface area contributed by atoms with Gasteiger partial charge >= 0.3 is 5.97 Å². The summed E-state index contributed by atoms with van der Waals surface area (Å²) in [5.74, 6) is -0.717. The topological polar surface area (TPSA) is 38.3 Å². The summed E-state index contributed by atoms with van der Waals surface area (Å²) < 4.78 is 17.7. The Bertz CT molecular complexity index is 421. The standard InChI is InChI=1S/C12H15ClFNO2/c1-12(2,11(16)17-3)7-15-10-6-8(14)4-5-9(10)13/h4-6,15H,7H2,1-3H3. The van der Waals surface area contributed by atoms with Crippen molar-refractivity contribution in [2.75, 3.05) is 19.0 Å². The Morgan fingerprint density at radius 3 is 2.76 bits per heavy atom. The quantitative estimate of drug-likeness (QED) is 0.845. The van der Waals surface area contributed by atoms with Crippen molar-refractivity contribution in [3.63, 3.8) is 0 Å². The summed E-state index contributed by atoms with van der Waals surface area (Å²) in [5.41, 5.74) is -0.242. The van der Waals surface area contributed by atoms with Gasteiger partial charge in [-0.25, -0.2) is 4.39 Å². The molecule has 0 unspecified atom stereocenters. The van der Waals surface area contributed by atoms with Crippen molar-refractivity contribution in [2.24, 2.45) is 5.41 Å². The smallest absolute Gasteiger partial charge is 0.313 e. The predicted molar refractivity (Wildman–Crippen MR) is 65.7 cm³/mol. The van der Waals surface area contributed by atoms with Gasteiger partial charge in [-0.3, -0.25) is 4.79 Å². The minimum Gasteiger partial charge on any atom is -0.469 e. The molecule has 1 aromatic carbocycles. The van der Waals surface area contributed by atoms with E-state index in [1.54, 1.807) is 13.8 Å². The summed E-state index contributed by atoms with van der Waals surface area (Å²) in [6.45, 7) is 3.78. The molecule has 0 aliphatic heterocycles. The van der Waals surface area contributed by atoms with E-state index in [2.05, 4.69) is 10.1 Å². The SMILES string of the molecule is COC(=O)C(C)(C)CNc1cc(F)ccc1Cl. The third-order valence-corrected chi connectivity index (χ3v) is 2.72. The molecule has 0 aliphatic rings. The number of benzene rings is 1. The van der Waals surface area contributed by atoms with Crippen molar-refractivity contribution in [1.82, 2.24) is 0 Å². The Kier molecular flexibility index (Phi) is 4.34. The van der Waals surface area contributed by atoms with Crippen LogP contribution in [-0.4, -0.2) is 19.6 Å². The van der Waals surface area contributed by atoms with Crippen LogP contribution < -0.4 is 5.32 Å². The molecule has 0 fully saturated rings. The summed E-state index contributed by atoms with van der Waals surface area (Å²) in [5, 5.41) is 3.35. The lowest BCUT2D eigenvalue weighted by Gasteiger charge is -2.22. The van der Waals surface area contributed by atoms with E-state index in [9.17, 15) is 9.18 Å². The lowest BCUT2D eigenvalue weighted by molar-refractivity contribution is -0.149. The van der Waals surface area contributed by atoms with Crippen LogP contribution in [0.25, 0.3) is 0 Å². The van der Waals surface area contributed by atoms with Crippen molar-refractivity contribution < 1.29 is 13.9 Å². The van der Waals surface area contributed by atoms with E-state index in [-0.39, 0.29) is 11.8 Å². The number of nitrogens with one attached hydrogen (secondary N) is 1. The molecule has 0 aliphatic carbocycles. The van der Waals surface area contributed by atoms with Crippen LogP contribution in [0, 0.1) is 11.2 Å². The van der Waals surface area contributed by atoms with Gasteiger partial charge < -0.3 is 10.1 Å². The highest BCUT2D eigenvalue weighted by Gasteiger charge is 2.28. The van der Waals surface area contributed by atoms with Crippen LogP contribution >= 0.6 is 11.6 Å². The summed E-state index contributed by atoms with van der Waals surface area (Å²) in [7, 11) is 1.33. The van der Waals surface area contributed by atoms with Gasteiger partial charge in [-0.05, 0) is 32.0 Å². The summed E-state index contributed by atoms with van der Waals surface area (Å²) >= 11 is 5.89. The number of halogens is 2. The molecule has 17 heavy (non-hydrogen) atoms. The minimum absolute atomic E-state index is 0.308. The summed E-state index contributed by atoms with van der Waals surface area (Å²) in [6.07, 6.45) is 0. The Hall–Kier alpha value is -1.29. The van der Waals surface area contributed by atoms with Crippen LogP contribution in [0.1, 0.15) is 13.8 Å². The normalized spacial score (nSPS) is 11.1. The largest absolute Gasteiger partial charge is 0.469 e. The van der Waals surface area contributed by atoms with Crippen LogP contribution in [0.3, 0.4) is 0 Å². The third kappa shape index (κ3) is 3.60. The highest BCUT2D eigenvalue weighted by molar-refractivity contribution is 6.33. The molecule has 1 rings (SSSR count). The van der Waals surface area contributed by atoms with Crippen LogP contribution in [0.5, 0.6) is 0 Å². The van der Waals surface area contributed by atoms with E-state index >= 15 is 0 Å². The van der Waals surface area contributed by atoms with Gasteiger partial charge in [0, 0.05) is 6.54 Å². The first-order valence-corrected chi connectivity index (χ1v) is 5.52. The average Bonchev–Trinajstić information content (AvgIpc) is 2.29. The zero-order valence-electron chi connectivity index (χ0n) is 10.0. The van der Waals surface area contributed by atoms with Gasteiger partial charge in [0.05, 0.1) is 23.2 Å². The number of esters is 1. The van der Waals surface area contributed by atoms with E-state index in [0.717, 1.165) is 0 Å². The lowest BCUT2D eigenvalue weighted by Crippen LogP contribution is -2.33. The zero-order chi connectivity index (χ0) is 13.1. The van der Waals surface area contributed by atoms with Crippen molar-refractivity contribution in [3.05, 3.63) is 29.0 Å². The monoisotopic (exact) mass is 259 g/mol. The van der Waals surface area contributed by atoms with Gasteiger partial charge in [0.1, 0.15) is 5.82 Å². The molecule has 0 heterocycles. The second-order valence-electron chi connectivity index (χ2n) is 4.35. The van der Waals surface area contributed by atoms with Gasteiger partial charge in [-0.15, -0.1) is 0 Å². The second kappa shape index (κ2) is 5.36. The molecular formula is C12H15ClFNO2. The fourth-order valence-electron chi connectivity index (χ4n) is 1.30. The fraction of sp³-hybridized carbons (Fsp3) is 0.417. The maximum Gasteiger partial charge on any atom is 0.313 e. The molecule has 5 heteroatoms. The van der Waals surface area contributed by atoms with Gasteiger partial charge in [0.2, 0.25) is 0 Å². The molecule has 94 valence electrons. The summed E-state index contributed by atoms with van der Waals surface area (Å²) in [4.78, 5) is 11.4. The summed E-state index contributed by atoms with van der Waals surface area (Å²) in [6, 6.07) is 4.03. The van der Waals surface area contributed by atoms with Crippen molar-refractivity contribution in [2.45, 2.75) is 13.8 Å². The van der Waals surface area contributed by atoms with E-state index in [4.69, 9.17) is 11.6 Å². The Balaban J connectivity index is 2.73. The number of carbonyl (C=O) groups excluding carboxylic acids is 1. The number of hydrogen-bond acceptors (Lipinski definition) is 3. The van der Waals surface area contributed by atoms with E-state index in [1.165, 1.54) is 25.3 Å². The van der Waals surface area contributed by atoms with Crippen molar-refractivity contribution in [1.29, 1.82) is 0 Å². The van der Waals surface area contributed by atoms with Crippen LogP contribution in [0.2, 0.25) is 5.02 Å². The van der Waals surface area contributed by atoms with Crippen LogP contribution in [0.15, 0.2) is 18.2 Å². The van der Waals surface area contributed by atoms with Gasteiger partial charge in [-0.2, -0.15) is 0 Å². The van der Waals surface area contributed by atoms with Crippen LogP contribution in [0.4, 0.5) is 10.1 Å². The number of carbonyl (C=O) groups is 1. The van der Waals surface area contributed by atoms with E-state index in [1.807, 2.05) is 0 Å². The molecule has 0 bridgehead atoms. The van der Waals surface area contributed by atoms with Crippen molar-refractivity contribution >= 4 is 23.3 Å². The average molecular weight is 260 g/mol. The predicted octanol–water partition coefficient (Wildman–Crippen LogP) is 3.09. The second-order valence-corrected chi connectivity index (χ2v) is 4.76. The molecule has 1 N–H and O–H groups in total. The number of ether oxygens (including phenoxy) is 1. The number of rotatable bonds is 4. The van der Waals surface area contributed by atoms with Gasteiger partial charge in [-0.1, -0.05) is 11.6 Å². The van der Waals surface area contributed by atoms with E-state index < -0.39 is 5.41 Å². The molecule has 0 amide bonds. The first-order valence-electron chi connectivity index (χ1n) is 5.14. The maximum absolute atomic E-state index is 13.0. The third-order valence-electron chi connectivity index (χ3n) is 2.39. The Morgan fingerprint density at radius 1 is 1.53 bits per heavy atom. The minimum atomic E-state index is -0.704.